The Balaban J connectivity index is 1.64. The van der Waals surface area contributed by atoms with E-state index in [0.29, 0.717) is 44.7 Å². The summed E-state index contributed by atoms with van der Waals surface area (Å²) in [6.45, 7) is 1.75. The highest BCUT2D eigenvalue weighted by Crippen LogP contribution is 2.54. The van der Waals surface area contributed by atoms with E-state index in [2.05, 4.69) is 4.98 Å². The quantitative estimate of drug-likeness (QED) is 0.335. The molecular formula is C28H17NO5. The maximum absolute atomic E-state index is 13.7. The fourth-order valence-corrected chi connectivity index (χ4v) is 5.40. The Bertz CT molecular complexity index is 1800. The predicted octanol–water partition coefficient (Wildman–Crippen LogP) is 5.42. The minimum Gasteiger partial charge on any atom is -0.507 e. The summed E-state index contributed by atoms with van der Waals surface area (Å²) in [5.41, 5.74) is 4.40. The number of aromatic hydroxyl groups is 1. The molecule has 5 aromatic rings. The van der Waals surface area contributed by atoms with Gasteiger partial charge in [-0.25, -0.2) is 4.79 Å². The predicted molar refractivity (Wildman–Crippen MR) is 127 cm³/mol. The van der Waals surface area contributed by atoms with Crippen LogP contribution in [-0.2, 0) is 0 Å². The molecule has 0 fully saturated rings. The van der Waals surface area contributed by atoms with Crippen molar-refractivity contribution in [2.24, 2.45) is 0 Å². The van der Waals surface area contributed by atoms with Gasteiger partial charge in [-0.1, -0.05) is 42.5 Å². The third-order valence-corrected chi connectivity index (χ3v) is 6.82. The molecule has 0 amide bonds. The van der Waals surface area contributed by atoms with Gasteiger partial charge in [0.15, 0.2) is 5.78 Å². The first kappa shape index (κ1) is 18.9. The van der Waals surface area contributed by atoms with Gasteiger partial charge < -0.3 is 19.2 Å². The molecule has 2 aromatic heterocycles. The molecule has 0 spiro atoms. The first-order valence-electron chi connectivity index (χ1n) is 11.0. The van der Waals surface area contributed by atoms with E-state index < -0.39 is 11.5 Å². The SMILES string of the molecule is Cc1cc(=O)oc2c3c(cc(O)c12)OC1=C(C(=O)c2ccccc21)C3c1c[nH]c2ccccc12. The lowest BCUT2D eigenvalue weighted by Crippen LogP contribution is -2.18. The Morgan fingerprint density at radius 1 is 0.971 bits per heavy atom. The van der Waals surface area contributed by atoms with Crippen LogP contribution in [0, 0.1) is 6.92 Å². The highest BCUT2D eigenvalue weighted by molar-refractivity contribution is 6.22. The van der Waals surface area contributed by atoms with E-state index in [9.17, 15) is 14.7 Å². The molecule has 164 valence electrons. The molecule has 2 aliphatic rings. The normalized spacial score (nSPS) is 16.5. The Labute approximate surface area is 192 Å². The maximum Gasteiger partial charge on any atom is 0.336 e. The summed E-state index contributed by atoms with van der Waals surface area (Å²) in [4.78, 5) is 29.4. The summed E-state index contributed by atoms with van der Waals surface area (Å²) >= 11 is 0. The standard InChI is InChI=1S/C28H17NO5/c1-13-10-21(31)34-28-22(13)19(30)11-20-24(28)23(17-12-29-18-9-5-4-6-14(17)18)25-26(32)15-7-2-3-8-16(15)27(25)33-20/h2-12,23,29-30H,1H3. The number of Topliss-reactive ketones (excluding diaryl/α,β-unsaturated/α-hetero) is 1. The molecule has 3 heterocycles. The Hall–Kier alpha value is -4.58. The first-order chi connectivity index (χ1) is 16.5. The topological polar surface area (TPSA) is 92.5 Å². The van der Waals surface area contributed by atoms with Crippen molar-refractivity contribution in [1.82, 2.24) is 4.98 Å². The zero-order valence-electron chi connectivity index (χ0n) is 18.0. The summed E-state index contributed by atoms with van der Waals surface area (Å²) < 4.78 is 12.0. The fraction of sp³-hybridized carbons (Fsp3) is 0.0714. The molecule has 0 radical (unpaired) electrons. The number of hydrogen-bond acceptors (Lipinski definition) is 5. The molecule has 6 nitrogen and oxygen atoms in total. The summed E-state index contributed by atoms with van der Waals surface area (Å²) in [6, 6.07) is 18.1. The van der Waals surface area contributed by atoms with Crippen molar-refractivity contribution in [3.05, 3.63) is 111 Å². The molecule has 1 aliphatic heterocycles. The smallest absolute Gasteiger partial charge is 0.336 e. The average Bonchev–Trinajstić information content (AvgIpc) is 3.37. The zero-order chi connectivity index (χ0) is 23.1. The first-order valence-corrected chi connectivity index (χ1v) is 11.0. The van der Waals surface area contributed by atoms with Crippen LogP contribution in [0.5, 0.6) is 11.5 Å². The van der Waals surface area contributed by atoms with E-state index in [4.69, 9.17) is 9.15 Å². The van der Waals surface area contributed by atoms with E-state index in [1.54, 1.807) is 19.1 Å². The van der Waals surface area contributed by atoms with Gasteiger partial charge in [0, 0.05) is 40.4 Å². The number of carbonyl (C=O) groups is 1. The third kappa shape index (κ3) is 2.34. The van der Waals surface area contributed by atoms with Crippen molar-refractivity contribution >= 4 is 33.4 Å². The molecule has 0 saturated heterocycles. The number of phenols is 1. The van der Waals surface area contributed by atoms with Crippen molar-refractivity contribution < 1.29 is 19.1 Å². The van der Waals surface area contributed by atoms with Crippen LogP contribution >= 0.6 is 0 Å². The molecular weight excluding hydrogens is 430 g/mol. The second-order valence-corrected chi connectivity index (χ2v) is 8.70. The second kappa shape index (κ2) is 6.48. The number of phenolic OH excluding ortho intramolecular Hbond substituents is 1. The maximum atomic E-state index is 13.7. The number of para-hydroxylation sites is 1. The van der Waals surface area contributed by atoms with Gasteiger partial charge in [-0.2, -0.15) is 0 Å². The van der Waals surface area contributed by atoms with Crippen LogP contribution in [0.3, 0.4) is 0 Å². The van der Waals surface area contributed by atoms with Gasteiger partial charge in [0.05, 0.1) is 22.4 Å². The van der Waals surface area contributed by atoms with Crippen molar-refractivity contribution in [1.29, 1.82) is 0 Å². The summed E-state index contributed by atoms with van der Waals surface area (Å²) in [5.74, 6) is 0.0920. The summed E-state index contributed by atoms with van der Waals surface area (Å²) in [6.07, 6.45) is 1.89. The average molecular weight is 447 g/mol. The van der Waals surface area contributed by atoms with Crippen molar-refractivity contribution in [3.8, 4) is 11.5 Å². The molecule has 3 aromatic carbocycles. The number of aryl methyl sites for hydroxylation is 1. The monoisotopic (exact) mass is 447 g/mol. The van der Waals surface area contributed by atoms with Gasteiger partial charge in [0.1, 0.15) is 22.8 Å². The number of H-pyrrole nitrogens is 1. The number of rotatable bonds is 1. The minimum absolute atomic E-state index is 0.0469. The number of carbonyl (C=O) groups excluding carboxylic acids is 1. The van der Waals surface area contributed by atoms with E-state index in [0.717, 1.165) is 16.5 Å². The van der Waals surface area contributed by atoms with Crippen molar-refractivity contribution in [2.45, 2.75) is 12.8 Å². The molecule has 2 N–H and O–H groups in total. The lowest BCUT2D eigenvalue weighted by molar-refractivity contribution is 0.103. The highest BCUT2D eigenvalue weighted by Gasteiger charge is 2.44. The Morgan fingerprint density at radius 2 is 1.74 bits per heavy atom. The number of ketones is 1. The van der Waals surface area contributed by atoms with Crippen molar-refractivity contribution in [3.63, 3.8) is 0 Å². The van der Waals surface area contributed by atoms with E-state index in [-0.39, 0.29) is 17.1 Å². The van der Waals surface area contributed by atoms with E-state index in [1.165, 1.54) is 6.07 Å². The number of allylic oxidation sites excluding steroid dienone is 1. The van der Waals surface area contributed by atoms with Crippen LogP contribution in [-0.4, -0.2) is 15.9 Å². The number of hydrogen-bond donors (Lipinski definition) is 2. The summed E-state index contributed by atoms with van der Waals surface area (Å²) in [7, 11) is 0. The van der Waals surface area contributed by atoms with Crippen molar-refractivity contribution in [2.75, 3.05) is 0 Å². The van der Waals surface area contributed by atoms with Crippen LogP contribution in [0.4, 0.5) is 0 Å². The molecule has 1 unspecified atom stereocenters. The van der Waals surface area contributed by atoms with E-state index >= 15 is 0 Å². The molecule has 0 saturated carbocycles. The molecule has 7 rings (SSSR count). The van der Waals surface area contributed by atoms with Gasteiger partial charge >= 0.3 is 5.63 Å². The van der Waals surface area contributed by atoms with Crippen LogP contribution in [0.1, 0.15) is 38.5 Å². The van der Waals surface area contributed by atoms with Gasteiger partial charge in [-0.15, -0.1) is 0 Å². The minimum atomic E-state index is -0.567. The lowest BCUT2D eigenvalue weighted by atomic mass is 9.80. The lowest BCUT2D eigenvalue weighted by Gasteiger charge is -2.28. The third-order valence-electron chi connectivity index (χ3n) is 6.82. The number of nitrogens with one attached hydrogen (secondary N) is 1. The second-order valence-electron chi connectivity index (χ2n) is 8.70. The van der Waals surface area contributed by atoms with Gasteiger partial charge in [-0.3, -0.25) is 4.79 Å². The fourth-order valence-electron chi connectivity index (χ4n) is 5.40. The molecule has 6 heteroatoms. The van der Waals surface area contributed by atoms with Crippen LogP contribution in [0.2, 0.25) is 0 Å². The number of fused-ring (bicyclic) bond motifs is 6. The Kier molecular flexibility index (Phi) is 3.61. The van der Waals surface area contributed by atoms with Gasteiger partial charge in [0.2, 0.25) is 0 Å². The molecule has 0 bridgehead atoms. The van der Waals surface area contributed by atoms with Crippen LogP contribution in [0.25, 0.3) is 27.6 Å². The molecule has 1 aliphatic carbocycles. The molecule has 1 atom stereocenters. The molecule has 34 heavy (non-hydrogen) atoms. The number of benzene rings is 3. The summed E-state index contributed by atoms with van der Waals surface area (Å²) in [5, 5.41) is 12.2. The highest BCUT2D eigenvalue weighted by atomic mass is 16.5. The van der Waals surface area contributed by atoms with E-state index in [1.807, 2.05) is 48.7 Å². The van der Waals surface area contributed by atoms with Crippen LogP contribution < -0.4 is 10.4 Å². The largest absolute Gasteiger partial charge is 0.507 e. The van der Waals surface area contributed by atoms with Crippen LogP contribution in [0.15, 0.2) is 81.6 Å². The Morgan fingerprint density at radius 3 is 2.59 bits per heavy atom. The van der Waals surface area contributed by atoms with Gasteiger partial charge in [-0.05, 0) is 24.1 Å². The number of aromatic amines is 1. The number of ether oxygens (including phenoxy) is 1. The van der Waals surface area contributed by atoms with Gasteiger partial charge in [0.25, 0.3) is 0 Å². The zero-order valence-corrected chi connectivity index (χ0v) is 18.0. The number of aromatic nitrogens is 1.